The first-order valence-corrected chi connectivity index (χ1v) is 9.12. The van der Waals surface area contributed by atoms with Crippen molar-refractivity contribution in [3.05, 3.63) is 29.7 Å². The van der Waals surface area contributed by atoms with Crippen molar-refractivity contribution in [2.45, 2.75) is 26.8 Å². The highest BCUT2D eigenvalue weighted by atomic mass is 16.1. The summed E-state index contributed by atoms with van der Waals surface area (Å²) in [5.41, 5.74) is 2.25. The van der Waals surface area contributed by atoms with Crippen LogP contribution in [0.5, 0.6) is 0 Å². The van der Waals surface area contributed by atoms with Crippen molar-refractivity contribution in [2.24, 2.45) is 5.92 Å². The summed E-state index contributed by atoms with van der Waals surface area (Å²) in [6.45, 7) is 9.99. The van der Waals surface area contributed by atoms with E-state index in [1.807, 2.05) is 12.4 Å². The molecule has 1 aliphatic heterocycles. The van der Waals surface area contributed by atoms with Crippen molar-refractivity contribution in [3.8, 4) is 0 Å². The molecule has 25 heavy (non-hydrogen) atoms. The van der Waals surface area contributed by atoms with Crippen LogP contribution < -0.4 is 5.32 Å². The Kier molecular flexibility index (Phi) is 5.65. The Balaban J connectivity index is 1.66. The summed E-state index contributed by atoms with van der Waals surface area (Å²) in [6.07, 6.45) is 6.56. The third-order valence-electron chi connectivity index (χ3n) is 5.00. The third kappa shape index (κ3) is 4.16. The molecule has 1 aliphatic rings. The van der Waals surface area contributed by atoms with Gasteiger partial charge >= 0.3 is 0 Å². The van der Waals surface area contributed by atoms with Crippen LogP contribution in [0.2, 0.25) is 0 Å². The molecule has 2 aromatic rings. The maximum Gasteiger partial charge on any atom is 0.256 e. The maximum absolute atomic E-state index is 12.5. The fraction of sp³-hybridized carbons (Fsp3) is 0.611. The van der Waals surface area contributed by atoms with Gasteiger partial charge in [-0.05, 0) is 39.0 Å². The lowest BCUT2D eigenvalue weighted by molar-refractivity contribution is 0.0949. The SMILES string of the molecule is CCN(CC)Cc1cnc2c(C(=O)NC[C@@H]3CCN(C)C3)cnn2c1. The van der Waals surface area contributed by atoms with E-state index in [0.717, 1.165) is 44.7 Å². The second-order valence-electron chi connectivity index (χ2n) is 6.88. The number of carbonyl (C=O) groups is 1. The average molecular weight is 344 g/mol. The molecule has 0 aliphatic carbocycles. The summed E-state index contributed by atoms with van der Waals surface area (Å²) < 4.78 is 1.71. The van der Waals surface area contributed by atoms with E-state index < -0.39 is 0 Å². The topological polar surface area (TPSA) is 65.8 Å². The normalized spacial score (nSPS) is 18.3. The summed E-state index contributed by atoms with van der Waals surface area (Å²) in [7, 11) is 2.12. The minimum atomic E-state index is -0.0893. The molecule has 7 heteroatoms. The summed E-state index contributed by atoms with van der Waals surface area (Å²) in [5, 5.41) is 7.36. The fourth-order valence-corrected chi connectivity index (χ4v) is 3.39. The van der Waals surface area contributed by atoms with Crippen molar-refractivity contribution in [1.29, 1.82) is 0 Å². The van der Waals surface area contributed by atoms with E-state index >= 15 is 0 Å². The lowest BCUT2D eigenvalue weighted by Crippen LogP contribution is -2.30. The molecule has 136 valence electrons. The van der Waals surface area contributed by atoms with Crippen LogP contribution in [0.15, 0.2) is 18.6 Å². The predicted octanol–water partition coefficient (Wildman–Crippen LogP) is 1.25. The van der Waals surface area contributed by atoms with Crippen molar-refractivity contribution in [3.63, 3.8) is 0 Å². The second kappa shape index (κ2) is 7.93. The molecule has 1 saturated heterocycles. The van der Waals surface area contributed by atoms with Crippen molar-refractivity contribution in [1.82, 2.24) is 29.7 Å². The molecule has 3 heterocycles. The van der Waals surface area contributed by atoms with Gasteiger partial charge in [0.1, 0.15) is 5.56 Å². The van der Waals surface area contributed by atoms with Gasteiger partial charge in [-0.2, -0.15) is 5.10 Å². The number of carbonyl (C=O) groups excluding carboxylic acids is 1. The average Bonchev–Trinajstić information content (AvgIpc) is 3.23. The summed E-state index contributed by atoms with van der Waals surface area (Å²) >= 11 is 0. The molecule has 7 nitrogen and oxygen atoms in total. The number of rotatable bonds is 7. The van der Waals surface area contributed by atoms with E-state index in [4.69, 9.17) is 0 Å². The fourth-order valence-electron chi connectivity index (χ4n) is 3.39. The van der Waals surface area contributed by atoms with Crippen LogP contribution in [-0.4, -0.2) is 70.1 Å². The van der Waals surface area contributed by atoms with E-state index in [-0.39, 0.29) is 5.91 Å². The molecule has 0 radical (unpaired) electrons. The lowest BCUT2D eigenvalue weighted by Gasteiger charge is -2.17. The Morgan fingerprint density at radius 1 is 1.36 bits per heavy atom. The van der Waals surface area contributed by atoms with Crippen LogP contribution in [0.25, 0.3) is 5.65 Å². The Hall–Kier alpha value is -1.99. The summed E-state index contributed by atoms with van der Waals surface area (Å²) in [6, 6.07) is 0. The van der Waals surface area contributed by atoms with Crippen molar-refractivity contribution < 1.29 is 4.79 Å². The largest absolute Gasteiger partial charge is 0.352 e. The van der Waals surface area contributed by atoms with Crippen LogP contribution in [0.1, 0.15) is 36.2 Å². The first kappa shape index (κ1) is 17.8. The number of likely N-dealkylation sites (tertiary alicyclic amines) is 1. The molecule has 1 amide bonds. The van der Waals surface area contributed by atoms with Crippen LogP contribution in [0, 0.1) is 5.92 Å². The highest BCUT2D eigenvalue weighted by Gasteiger charge is 2.21. The van der Waals surface area contributed by atoms with Gasteiger partial charge in [-0.1, -0.05) is 13.8 Å². The Labute approximate surface area is 149 Å². The number of amides is 1. The maximum atomic E-state index is 12.5. The monoisotopic (exact) mass is 344 g/mol. The number of nitrogens with zero attached hydrogens (tertiary/aromatic N) is 5. The zero-order chi connectivity index (χ0) is 17.8. The Morgan fingerprint density at radius 3 is 2.84 bits per heavy atom. The van der Waals surface area contributed by atoms with Gasteiger partial charge in [0.05, 0.1) is 6.20 Å². The summed E-state index contributed by atoms with van der Waals surface area (Å²) in [5.74, 6) is 0.443. The van der Waals surface area contributed by atoms with Crippen LogP contribution >= 0.6 is 0 Å². The molecule has 0 aromatic carbocycles. The van der Waals surface area contributed by atoms with Gasteiger partial charge in [-0.3, -0.25) is 9.69 Å². The molecular weight excluding hydrogens is 316 g/mol. The molecule has 1 N–H and O–H groups in total. The van der Waals surface area contributed by atoms with Crippen LogP contribution in [0.4, 0.5) is 0 Å². The Morgan fingerprint density at radius 2 is 2.16 bits per heavy atom. The molecular formula is C18H28N6O. The number of nitrogens with one attached hydrogen (secondary N) is 1. The van der Waals surface area contributed by atoms with Crippen LogP contribution in [0.3, 0.4) is 0 Å². The zero-order valence-electron chi connectivity index (χ0n) is 15.4. The van der Waals surface area contributed by atoms with Gasteiger partial charge in [0, 0.05) is 37.6 Å². The van der Waals surface area contributed by atoms with E-state index in [1.54, 1.807) is 10.7 Å². The molecule has 3 rings (SSSR count). The molecule has 0 unspecified atom stereocenters. The van der Waals surface area contributed by atoms with Gasteiger partial charge < -0.3 is 10.2 Å². The second-order valence-corrected chi connectivity index (χ2v) is 6.88. The number of fused-ring (bicyclic) bond motifs is 1. The van der Waals surface area contributed by atoms with Gasteiger partial charge in [-0.15, -0.1) is 0 Å². The number of aromatic nitrogens is 3. The highest BCUT2D eigenvalue weighted by molar-refractivity contribution is 5.99. The number of hydrogen-bond donors (Lipinski definition) is 1. The highest BCUT2D eigenvalue weighted by Crippen LogP contribution is 2.14. The minimum Gasteiger partial charge on any atom is -0.352 e. The Bertz CT molecular complexity index is 723. The number of hydrogen-bond acceptors (Lipinski definition) is 5. The first-order chi connectivity index (χ1) is 12.1. The van der Waals surface area contributed by atoms with Crippen LogP contribution in [-0.2, 0) is 6.54 Å². The zero-order valence-corrected chi connectivity index (χ0v) is 15.4. The third-order valence-corrected chi connectivity index (χ3v) is 5.00. The van der Waals surface area contributed by atoms with Gasteiger partial charge in [-0.25, -0.2) is 9.50 Å². The summed E-state index contributed by atoms with van der Waals surface area (Å²) in [4.78, 5) is 21.6. The van der Waals surface area contributed by atoms with Gasteiger partial charge in [0.2, 0.25) is 0 Å². The standard InChI is InChI=1S/C18H28N6O/c1-4-23(5-2)12-15-9-19-17-16(10-21-24(17)13-15)18(25)20-8-14-6-7-22(3)11-14/h9-10,13-14H,4-8,11-12H2,1-3H3,(H,20,25)/t14-/m0/s1. The molecule has 0 spiro atoms. The van der Waals surface area contributed by atoms with Crippen molar-refractivity contribution in [2.75, 3.05) is 39.8 Å². The smallest absolute Gasteiger partial charge is 0.256 e. The predicted molar refractivity (Wildman–Crippen MR) is 97.5 cm³/mol. The quantitative estimate of drug-likeness (QED) is 0.819. The molecule has 0 bridgehead atoms. The van der Waals surface area contributed by atoms with Crippen molar-refractivity contribution >= 4 is 11.6 Å². The molecule has 2 aromatic heterocycles. The van der Waals surface area contributed by atoms with Gasteiger partial charge in [0.25, 0.3) is 5.91 Å². The molecule has 0 saturated carbocycles. The minimum absolute atomic E-state index is 0.0893. The van der Waals surface area contributed by atoms with E-state index in [2.05, 4.69) is 46.1 Å². The van der Waals surface area contributed by atoms with E-state index in [0.29, 0.717) is 23.7 Å². The molecule has 1 fully saturated rings. The van der Waals surface area contributed by atoms with E-state index in [9.17, 15) is 4.79 Å². The molecule has 1 atom stereocenters. The first-order valence-electron chi connectivity index (χ1n) is 9.12. The van der Waals surface area contributed by atoms with Gasteiger partial charge in [0.15, 0.2) is 5.65 Å². The van der Waals surface area contributed by atoms with E-state index in [1.165, 1.54) is 0 Å². The lowest BCUT2D eigenvalue weighted by atomic mass is 10.1.